The highest BCUT2D eigenvalue weighted by Crippen LogP contribution is 2.32. The molecule has 0 unspecified atom stereocenters. The fourth-order valence-corrected chi connectivity index (χ4v) is 7.46. The second-order valence-corrected chi connectivity index (χ2v) is 12.5. The second-order valence-electron chi connectivity index (χ2n) is 10.1. The van der Waals surface area contributed by atoms with E-state index in [-0.39, 0.29) is 5.91 Å². The van der Waals surface area contributed by atoms with Crippen LogP contribution >= 0.6 is 22.7 Å². The van der Waals surface area contributed by atoms with Crippen LogP contribution in [0.25, 0.3) is 0 Å². The summed E-state index contributed by atoms with van der Waals surface area (Å²) in [6.45, 7) is 5.34. The van der Waals surface area contributed by atoms with Crippen molar-refractivity contribution in [1.29, 1.82) is 0 Å². The summed E-state index contributed by atoms with van der Waals surface area (Å²) in [5, 5.41) is 9.12. The maximum atomic E-state index is 12.4. The van der Waals surface area contributed by atoms with Gasteiger partial charge in [0.25, 0.3) is 0 Å². The summed E-state index contributed by atoms with van der Waals surface area (Å²) >= 11 is 3.51. The number of hydrogen-bond acceptors (Lipinski definition) is 7. The van der Waals surface area contributed by atoms with Gasteiger partial charge in [0.1, 0.15) is 0 Å². The Labute approximate surface area is 205 Å². The second kappa shape index (κ2) is 10.8. The molecule has 1 amide bonds. The van der Waals surface area contributed by atoms with Crippen LogP contribution in [0.1, 0.15) is 78.2 Å². The Morgan fingerprint density at radius 2 is 1.94 bits per heavy atom. The van der Waals surface area contributed by atoms with Crippen LogP contribution in [0.2, 0.25) is 0 Å². The number of carbonyl (C=O) groups is 1. The Morgan fingerprint density at radius 1 is 1.12 bits per heavy atom. The van der Waals surface area contributed by atoms with Crippen molar-refractivity contribution in [2.75, 3.05) is 18.4 Å². The van der Waals surface area contributed by atoms with Crippen LogP contribution in [0, 0.1) is 12.8 Å². The first kappa shape index (κ1) is 23.2. The lowest BCUT2D eigenvalue weighted by Crippen LogP contribution is -2.39. The van der Waals surface area contributed by atoms with Gasteiger partial charge >= 0.3 is 0 Å². The molecule has 2 saturated carbocycles. The quantitative estimate of drug-likeness (QED) is 0.553. The van der Waals surface area contributed by atoms with E-state index in [1.807, 2.05) is 24.5 Å². The van der Waals surface area contributed by atoms with Crippen molar-refractivity contribution in [3.05, 3.63) is 26.7 Å². The zero-order valence-corrected chi connectivity index (χ0v) is 21.4. The van der Waals surface area contributed by atoms with E-state index in [1.165, 1.54) is 68.6 Å². The number of amides is 1. The van der Waals surface area contributed by atoms with Gasteiger partial charge in [-0.2, -0.15) is 0 Å². The Bertz CT molecular complexity index is 927. The molecule has 2 N–H and O–H groups in total. The maximum Gasteiger partial charge on any atom is 0.225 e. The number of fused-ring (bicyclic) bond motifs is 1. The lowest BCUT2D eigenvalue weighted by molar-refractivity contribution is -0.121. The van der Waals surface area contributed by atoms with E-state index in [0.717, 1.165) is 46.7 Å². The number of nitrogens with one attached hydrogen (secondary N) is 2. The van der Waals surface area contributed by atoms with E-state index in [1.54, 1.807) is 11.3 Å². The molecule has 3 aliphatic rings. The molecule has 5 rings (SSSR count). The molecule has 180 valence electrons. The van der Waals surface area contributed by atoms with Crippen molar-refractivity contribution in [1.82, 2.24) is 20.2 Å². The number of aryl methyl sites for hydroxylation is 1. The molecule has 2 fully saturated rings. The van der Waals surface area contributed by atoms with Gasteiger partial charge in [0.05, 0.1) is 17.1 Å². The molecule has 8 heteroatoms. The number of anilines is 1. The number of rotatable bonds is 8. The van der Waals surface area contributed by atoms with E-state index in [2.05, 4.69) is 20.5 Å². The molecule has 2 aromatic rings. The highest BCUT2D eigenvalue weighted by Gasteiger charge is 2.26. The summed E-state index contributed by atoms with van der Waals surface area (Å²) in [5.74, 6) is 0.940. The van der Waals surface area contributed by atoms with Crippen LogP contribution in [0.15, 0.2) is 6.20 Å². The lowest BCUT2D eigenvalue weighted by Gasteiger charge is -2.32. The first-order chi connectivity index (χ1) is 16.1. The number of nitrogens with zero attached hydrogens (tertiary/aromatic N) is 3. The molecule has 3 heterocycles. The highest BCUT2D eigenvalue weighted by molar-refractivity contribution is 7.15. The molecule has 1 aliphatic heterocycles. The minimum absolute atomic E-state index is 0.149. The van der Waals surface area contributed by atoms with E-state index in [9.17, 15) is 4.79 Å². The summed E-state index contributed by atoms with van der Waals surface area (Å²) < 4.78 is 0. The largest absolute Gasteiger partial charge is 0.359 e. The first-order valence-corrected chi connectivity index (χ1v) is 14.4. The fourth-order valence-electron chi connectivity index (χ4n) is 5.63. The molecule has 33 heavy (non-hydrogen) atoms. The predicted octanol–water partition coefficient (Wildman–Crippen LogP) is 4.93. The summed E-state index contributed by atoms with van der Waals surface area (Å²) in [6, 6.07) is 0.992. The van der Waals surface area contributed by atoms with E-state index < -0.39 is 0 Å². The van der Waals surface area contributed by atoms with Gasteiger partial charge in [0, 0.05) is 41.1 Å². The SMILES string of the molecule is Cc1ncc(CC(=O)N[C@H]2CC[C@H](CCN3CCc4sc(NC5CCCC5)nc4C3)CC2)s1. The fraction of sp³-hybridized carbons (Fsp3) is 0.720. The molecule has 2 aromatic heterocycles. The van der Waals surface area contributed by atoms with E-state index >= 15 is 0 Å². The van der Waals surface area contributed by atoms with Crippen LogP contribution in [0.5, 0.6) is 0 Å². The van der Waals surface area contributed by atoms with Gasteiger partial charge in [0.2, 0.25) is 5.91 Å². The van der Waals surface area contributed by atoms with Crippen molar-refractivity contribution < 1.29 is 4.79 Å². The van der Waals surface area contributed by atoms with E-state index in [0.29, 0.717) is 18.5 Å². The van der Waals surface area contributed by atoms with Crippen LogP contribution in [0.4, 0.5) is 5.13 Å². The van der Waals surface area contributed by atoms with Gasteiger partial charge in [-0.05, 0) is 70.8 Å². The monoisotopic (exact) mass is 487 g/mol. The molecule has 0 spiro atoms. The average Bonchev–Trinajstić information content (AvgIpc) is 3.54. The smallest absolute Gasteiger partial charge is 0.225 e. The molecular weight excluding hydrogens is 450 g/mol. The third kappa shape index (κ3) is 6.34. The number of carbonyl (C=O) groups excluding carboxylic acids is 1. The third-order valence-electron chi connectivity index (χ3n) is 7.56. The van der Waals surface area contributed by atoms with Crippen molar-refractivity contribution in [3.8, 4) is 0 Å². The zero-order chi connectivity index (χ0) is 22.6. The van der Waals surface area contributed by atoms with Crippen molar-refractivity contribution >= 4 is 33.7 Å². The van der Waals surface area contributed by atoms with Crippen LogP contribution in [-0.2, 0) is 24.2 Å². The summed E-state index contributed by atoms with van der Waals surface area (Å²) in [4.78, 5) is 26.7. The Morgan fingerprint density at radius 3 is 2.70 bits per heavy atom. The highest BCUT2D eigenvalue weighted by atomic mass is 32.1. The van der Waals surface area contributed by atoms with Crippen LogP contribution in [-0.4, -0.2) is 45.9 Å². The summed E-state index contributed by atoms with van der Waals surface area (Å²) in [6.07, 6.45) is 14.7. The average molecular weight is 488 g/mol. The lowest BCUT2D eigenvalue weighted by atomic mass is 9.84. The van der Waals surface area contributed by atoms with Crippen LogP contribution < -0.4 is 10.6 Å². The molecule has 0 bridgehead atoms. The number of hydrogen-bond donors (Lipinski definition) is 2. The predicted molar refractivity (Wildman–Crippen MR) is 136 cm³/mol. The first-order valence-electron chi connectivity index (χ1n) is 12.8. The standard InChI is InChI=1S/C25H37N5OS2/c1-17-26-15-21(32-17)14-24(31)27-20-8-6-18(7-9-20)10-12-30-13-11-23-22(16-30)29-25(33-23)28-19-4-2-3-5-19/h15,18-20H,2-14,16H2,1H3,(H,27,31)(H,28,29)/t18-,20-. The molecule has 2 aliphatic carbocycles. The molecule has 0 atom stereocenters. The molecule has 0 aromatic carbocycles. The molecule has 6 nitrogen and oxygen atoms in total. The van der Waals surface area contributed by atoms with Crippen molar-refractivity contribution in [2.24, 2.45) is 5.92 Å². The normalized spacial score (nSPS) is 24.0. The molecule has 0 saturated heterocycles. The Kier molecular flexibility index (Phi) is 7.62. The maximum absolute atomic E-state index is 12.4. The minimum Gasteiger partial charge on any atom is -0.359 e. The summed E-state index contributed by atoms with van der Waals surface area (Å²) in [5.41, 5.74) is 1.31. The third-order valence-corrected chi connectivity index (χ3v) is 9.56. The topological polar surface area (TPSA) is 70.2 Å². The van der Waals surface area contributed by atoms with Gasteiger partial charge < -0.3 is 10.6 Å². The number of aromatic nitrogens is 2. The van der Waals surface area contributed by atoms with Gasteiger partial charge in [-0.3, -0.25) is 9.69 Å². The van der Waals surface area contributed by atoms with Gasteiger partial charge in [-0.15, -0.1) is 22.7 Å². The number of thiazole rings is 2. The van der Waals surface area contributed by atoms with Gasteiger partial charge in [-0.1, -0.05) is 12.8 Å². The van der Waals surface area contributed by atoms with Gasteiger partial charge in [0.15, 0.2) is 5.13 Å². The van der Waals surface area contributed by atoms with Gasteiger partial charge in [-0.25, -0.2) is 9.97 Å². The summed E-state index contributed by atoms with van der Waals surface area (Å²) in [7, 11) is 0. The molecule has 0 radical (unpaired) electrons. The Balaban J connectivity index is 1.01. The van der Waals surface area contributed by atoms with Crippen molar-refractivity contribution in [2.45, 2.75) is 96.2 Å². The minimum atomic E-state index is 0.149. The van der Waals surface area contributed by atoms with Crippen molar-refractivity contribution in [3.63, 3.8) is 0 Å². The zero-order valence-electron chi connectivity index (χ0n) is 19.8. The van der Waals surface area contributed by atoms with E-state index in [4.69, 9.17) is 4.98 Å². The molecular formula is C25H37N5OS2. The Hall–Kier alpha value is -1.51. The van der Waals surface area contributed by atoms with Crippen LogP contribution in [0.3, 0.4) is 0 Å².